The molecule has 4 N–H and O–H groups in total. The molecular weight excluding hydrogens is 442 g/mol. The van der Waals surface area contributed by atoms with E-state index < -0.39 is 5.97 Å². The van der Waals surface area contributed by atoms with Crippen LogP contribution in [0, 0.1) is 0 Å². The Kier molecular flexibility index (Phi) is 5.73. The van der Waals surface area contributed by atoms with E-state index in [9.17, 15) is 19.8 Å². The number of phenolic OH excluding ortho intramolecular Hbond substituents is 1. The van der Waals surface area contributed by atoms with Gasteiger partial charge in [0.05, 0.1) is 16.9 Å². The first kappa shape index (κ1) is 21.9. The molecule has 0 spiro atoms. The van der Waals surface area contributed by atoms with Gasteiger partial charge in [0, 0.05) is 11.1 Å². The van der Waals surface area contributed by atoms with Gasteiger partial charge in [0.25, 0.3) is 5.91 Å². The van der Waals surface area contributed by atoms with Crippen molar-refractivity contribution in [1.29, 1.82) is 0 Å². The summed E-state index contributed by atoms with van der Waals surface area (Å²) in [6.07, 6.45) is 0.748. The van der Waals surface area contributed by atoms with Gasteiger partial charge >= 0.3 is 5.97 Å². The Morgan fingerprint density at radius 3 is 2.46 bits per heavy atom. The highest BCUT2D eigenvalue weighted by molar-refractivity contribution is 6.53. The van der Waals surface area contributed by atoms with Crippen molar-refractivity contribution in [3.63, 3.8) is 0 Å². The molecule has 0 saturated carbocycles. The molecule has 1 aliphatic rings. The Balaban J connectivity index is 1.40. The summed E-state index contributed by atoms with van der Waals surface area (Å²) in [6.45, 7) is 0. The molecule has 0 fully saturated rings. The maximum Gasteiger partial charge on any atom is 0.335 e. The zero-order valence-corrected chi connectivity index (χ0v) is 18.5. The molecule has 7 nitrogen and oxygen atoms in total. The van der Waals surface area contributed by atoms with Crippen molar-refractivity contribution in [2.45, 2.75) is 6.42 Å². The van der Waals surface area contributed by atoms with Gasteiger partial charge in [-0.05, 0) is 47.4 Å². The SMILES string of the molecule is O=C1Nc2cc(Cc3ccccc3)ccc2C1=NNc1cccc(-c2cccc(C(=O)O)c2)c1O. The van der Waals surface area contributed by atoms with E-state index in [4.69, 9.17) is 0 Å². The number of benzene rings is 4. The second-order valence-corrected chi connectivity index (χ2v) is 8.16. The quantitative estimate of drug-likeness (QED) is 0.234. The lowest BCUT2D eigenvalue weighted by Gasteiger charge is -2.10. The average Bonchev–Trinajstić information content (AvgIpc) is 3.18. The van der Waals surface area contributed by atoms with Crippen molar-refractivity contribution in [2.24, 2.45) is 5.10 Å². The Morgan fingerprint density at radius 2 is 1.66 bits per heavy atom. The van der Waals surface area contributed by atoms with Crippen LogP contribution in [0.25, 0.3) is 11.1 Å². The summed E-state index contributed by atoms with van der Waals surface area (Å²) in [5, 5.41) is 27.2. The lowest BCUT2D eigenvalue weighted by molar-refractivity contribution is -0.110. The average molecular weight is 463 g/mol. The molecule has 1 heterocycles. The van der Waals surface area contributed by atoms with Gasteiger partial charge in [0.2, 0.25) is 0 Å². The maximum atomic E-state index is 12.6. The molecule has 0 atom stereocenters. The van der Waals surface area contributed by atoms with E-state index in [1.165, 1.54) is 17.7 Å². The minimum Gasteiger partial charge on any atom is -0.505 e. The summed E-state index contributed by atoms with van der Waals surface area (Å²) in [4.78, 5) is 23.9. The predicted octanol–water partition coefficient (Wildman–Crippen LogP) is 5.12. The molecule has 1 amide bonds. The van der Waals surface area contributed by atoms with Gasteiger partial charge < -0.3 is 15.5 Å². The van der Waals surface area contributed by atoms with E-state index in [1.807, 2.05) is 36.4 Å². The number of phenols is 1. The van der Waals surface area contributed by atoms with E-state index in [1.54, 1.807) is 30.3 Å². The van der Waals surface area contributed by atoms with E-state index in [-0.39, 0.29) is 28.6 Å². The third kappa shape index (κ3) is 4.47. The van der Waals surface area contributed by atoms with Crippen LogP contribution >= 0.6 is 0 Å². The number of anilines is 2. The molecule has 172 valence electrons. The molecule has 1 aliphatic heterocycles. The Hall–Kier alpha value is -4.91. The van der Waals surface area contributed by atoms with E-state index in [0.717, 1.165) is 12.0 Å². The highest BCUT2D eigenvalue weighted by Crippen LogP contribution is 2.36. The minimum atomic E-state index is -1.05. The van der Waals surface area contributed by atoms with Crippen LogP contribution in [-0.2, 0) is 11.2 Å². The summed E-state index contributed by atoms with van der Waals surface area (Å²) in [6, 6.07) is 27.2. The second-order valence-electron chi connectivity index (χ2n) is 8.16. The minimum absolute atomic E-state index is 0.101. The monoisotopic (exact) mass is 463 g/mol. The van der Waals surface area contributed by atoms with Crippen LogP contribution in [0.1, 0.15) is 27.0 Å². The highest BCUT2D eigenvalue weighted by Gasteiger charge is 2.26. The molecule has 0 aliphatic carbocycles. The van der Waals surface area contributed by atoms with Gasteiger partial charge in [0.1, 0.15) is 5.75 Å². The van der Waals surface area contributed by atoms with Gasteiger partial charge in [-0.1, -0.05) is 66.7 Å². The lowest BCUT2D eigenvalue weighted by Crippen LogP contribution is -2.15. The Bertz CT molecular complexity index is 1480. The van der Waals surface area contributed by atoms with Crippen LogP contribution in [0.15, 0.2) is 96.1 Å². The number of carboxylic acids is 1. The van der Waals surface area contributed by atoms with E-state index in [2.05, 4.69) is 28.0 Å². The molecule has 0 saturated heterocycles. The number of hydrogen-bond donors (Lipinski definition) is 4. The fourth-order valence-electron chi connectivity index (χ4n) is 4.06. The van der Waals surface area contributed by atoms with Crippen LogP contribution in [0.4, 0.5) is 11.4 Å². The molecule has 4 aromatic rings. The van der Waals surface area contributed by atoms with Gasteiger partial charge in [0.15, 0.2) is 5.71 Å². The number of carbonyl (C=O) groups is 2. The number of aromatic carboxylic acids is 1. The zero-order chi connectivity index (χ0) is 24.4. The van der Waals surface area contributed by atoms with Crippen molar-refractivity contribution >= 4 is 29.0 Å². The number of nitrogens with zero attached hydrogens (tertiary/aromatic N) is 1. The molecule has 5 rings (SSSR count). The number of aromatic hydroxyl groups is 1. The number of amides is 1. The molecule has 0 aromatic heterocycles. The summed E-state index contributed by atoms with van der Waals surface area (Å²) in [5.74, 6) is -1.49. The van der Waals surface area contributed by atoms with Crippen molar-refractivity contribution in [2.75, 3.05) is 10.7 Å². The van der Waals surface area contributed by atoms with Crippen LogP contribution in [0.3, 0.4) is 0 Å². The van der Waals surface area contributed by atoms with E-state index >= 15 is 0 Å². The first-order chi connectivity index (χ1) is 17.0. The van der Waals surface area contributed by atoms with Crippen molar-refractivity contribution in [1.82, 2.24) is 0 Å². The number of rotatable bonds is 6. The van der Waals surface area contributed by atoms with Crippen molar-refractivity contribution < 1.29 is 19.8 Å². The highest BCUT2D eigenvalue weighted by atomic mass is 16.4. The number of para-hydroxylation sites is 1. The van der Waals surface area contributed by atoms with Crippen LogP contribution in [-0.4, -0.2) is 27.8 Å². The molecule has 0 unspecified atom stereocenters. The molecule has 35 heavy (non-hydrogen) atoms. The molecule has 0 bridgehead atoms. The Morgan fingerprint density at radius 1 is 0.857 bits per heavy atom. The standard InChI is InChI=1S/C28H21N3O4/c32-26-21(19-8-4-9-20(16-19)28(34)35)10-5-11-23(26)30-31-25-22-13-12-18(15-24(22)29-27(25)33)14-17-6-2-1-3-7-17/h1-13,15-16,30,32H,14H2,(H,34,35)(H,29,31,33). The number of carbonyl (C=O) groups excluding carboxylic acids is 1. The van der Waals surface area contributed by atoms with Crippen LogP contribution in [0.2, 0.25) is 0 Å². The normalized spacial score (nSPS) is 13.4. The first-order valence-electron chi connectivity index (χ1n) is 11.0. The fourth-order valence-corrected chi connectivity index (χ4v) is 4.06. The summed E-state index contributed by atoms with van der Waals surface area (Å²) < 4.78 is 0. The predicted molar refractivity (Wildman–Crippen MR) is 135 cm³/mol. The van der Waals surface area contributed by atoms with Crippen LogP contribution in [0.5, 0.6) is 5.75 Å². The largest absolute Gasteiger partial charge is 0.505 e. The third-order valence-electron chi connectivity index (χ3n) is 5.80. The van der Waals surface area contributed by atoms with Gasteiger partial charge in [-0.2, -0.15) is 5.10 Å². The van der Waals surface area contributed by atoms with E-state index in [0.29, 0.717) is 22.4 Å². The number of fused-ring (bicyclic) bond motifs is 1. The smallest absolute Gasteiger partial charge is 0.335 e. The summed E-state index contributed by atoms with van der Waals surface area (Å²) in [5.41, 5.74) is 8.00. The van der Waals surface area contributed by atoms with Gasteiger partial charge in [-0.15, -0.1) is 0 Å². The molecule has 7 heteroatoms. The van der Waals surface area contributed by atoms with Crippen molar-refractivity contribution in [3.05, 3.63) is 113 Å². The Labute approximate surface area is 201 Å². The van der Waals surface area contributed by atoms with Gasteiger partial charge in [-0.3, -0.25) is 10.2 Å². The molecular formula is C28H21N3O4. The topological polar surface area (TPSA) is 111 Å². The van der Waals surface area contributed by atoms with Gasteiger partial charge in [-0.25, -0.2) is 4.79 Å². The second kappa shape index (κ2) is 9.15. The first-order valence-corrected chi connectivity index (χ1v) is 11.0. The number of hydrogen-bond acceptors (Lipinski definition) is 5. The zero-order valence-electron chi connectivity index (χ0n) is 18.5. The summed E-state index contributed by atoms with van der Waals surface area (Å²) >= 11 is 0. The summed E-state index contributed by atoms with van der Waals surface area (Å²) in [7, 11) is 0. The third-order valence-corrected chi connectivity index (χ3v) is 5.80. The maximum absolute atomic E-state index is 12.6. The van der Waals surface area contributed by atoms with Crippen molar-refractivity contribution in [3.8, 4) is 16.9 Å². The fraction of sp³-hybridized carbons (Fsp3) is 0.0357. The number of carboxylic acid groups (broad SMARTS) is 1. The lowest BCUT2D eigenvalue weighted by atomic mass is 10.0. The molecule has 0 radical (unpaired) electrons. The van der Waals surface area contributed by atoms with Crippen LogP contribution < -0.4 is 10.7 Å². The molecule has 4 aromatic carbocycles. The number of nitrogens with one attached hydrogen (secondary N) is 2. The number of hydrazone groups is 1.